The smallest absolute Gasteiger partial charge is 0.305 e. The van der Waals surface area contributed by atoms with Crippen molar-refractivity contribution in [2.75, 3.05) is 59.3 Å². The Morgan fingerprint density at radius 3 is 1.41 bits per heavy atom. The number of carbonyl (C=O) groups excluding carboxylic acids is 1. The highest BCUT2D eigenvalue weighted by Gasteiger charge is 2.12. The SMILES string of the molecule is CCCCCCC(CCCCCC)CCCOC(=O)CCCCCN(CCOCCOCCN)OCCCC(CCCCCC)CCCCCC. The summed E-state index contributed by atoms with van der Waals surface area (Å²) in [7, 11) is 0. The number of rotatable bonds is 43. The lowest BCUT2D eigenvalue weighted by Gasteiger charge is -2.23. The molecule has 0 aliphatic carbocycles. The van der Waals surface area contributed by atoms with Crippen molar-refractivity contribution in [2.45, 2.75) is 207 Å². The average molecular weight is 727 g/mol. The first kappa shape index (κ1) is 50.3. The first-order valence-electron chi connectivity index (χ1n) is 22.5. The molecular formula is C44H90N2O5. The molecule has 2 N–H and O–H groups in total. The number of carbonyl (C=O) groups is 1. The number of hydrogen-bond donors (Lipinski definition) is 1. The summed E-state index contributed by atoms with van der Waals surface area (Å²) in [4.78, 5) is 18.8. The van der Waals surface area contributed by atoms with E-state index in [9.17, 15) is 4.79 Å². The van der Waals surface area contributed by atoms with Gasteiger partial charge in [-0.1, -0.05) is 163 Å². The largest absolute Gasteiger partial charge is 0.466 e. The van der Waals surface area contributed by atoms with Crippen LogP contribution in [0.15, 0.2) is 0 Å². The van der Waals surface area contributed by atoms with E-state index < -0.39 is 0 Å². The fourth-order valence-corrected chi connectivity index (χ4v) is 7.05. The lowest BCUT2D eigenvalue weighted by Crippen LogP contribution is -2.30. The number of esters is 1. The number of nitrogens with two attached hydrogens (primary N) is 1. The van der Waals surface area contributed by atoms with Crippen molar-refractivity contribution >= 4 is 5.97 Å². The minimum atomic E-state index is -0.0326. The van der Waals surface area contributed by atoms with Gasteiger partial charge in [-0.25, -0.2) is 0 Å². The maximum atomic E-state index is 12.5. The van der Waals surface area contributed by atoms with E-state index in [0.717, 1.165) is 63.6 Å². The van der Waals surface area contributed by atoms with Crippen LogP contribution in [0.3, 0.4) is 0 Å². The van der Waals surface area contributed by atoms with E-state index in [-0.39, 0.29) is 5.97 Å². The van der Waals surface area contributed by atoms with Gasteiger partial charge in [-0.05, 0) is 50.4 Å². The summed E-state index contributed by atoms with van der Waals surface area (Å²) in [6, 6.07) is 0. The predicted octanol–water partition coefficient (Wildman–Crippen LogP) is 12.0. The molecule has 0 aromatic rings. The molecule has 0 bridgehead atoms. The van der Waals surface area contributed by atoms with Gasteiger partial charge in [-0.3, -0.25) is 9.63 Å². The minimum absolute atomic E-state index is 0.0326. The van der Waals surface area contributed by atoms with Crippen LogP contribution in [0.5, 0.6) is 0 Å². The Balaban J connectivity index is 4.50. The van der Waals surface area contributed by atoms with Crippen molar-refractivity contribution in [3.05, 3.63) is 0 Å². The molecule has 0 saturated carbocycles. The van der Waals surface area contributed by atoms with Crippen molar-refractivity contribution in [2.24, 2.45) is 17.6 Å². The number of hydrogen-bond acceptors (Lipinski definition) is 7. The molecule has 0 heterocycles. The number of ether oxygens (including phenoxy) is 3. The number of hydroxylamine groups is 2. The van der Waals surface area contributed by atoms with Gasteiger partial charge in [-0.15, -0.1) is 0 Å². The molecule has 0 saturated heterocycles. The van der Waals surface area contributed by atoms with Crippen LogP contribution in [0, 0.1) is 11.8 Å². The van der Waals surface area contributed by atoms with Gasteiger partial charge in [0.1, 0.15) is 0 Å². The fourth-order valence-electron chi connectivity index (χ4n) is 7.05. The van der Waals surface area contributed by atoms with E-state index in [1.165, 1.54) is 141 Å². The highest BCUT2D eigenvalue weighted by Crippen LogP contribution is 2.24. The molecule has 0 amide bonds. The van der Waals surface area contributed by atoms with E-state index in [4.69, 9.17) is 24.8 Å². The highest BCUT2D eigenvalue weighted by molar-refractivity contribution is 5.69. The Bertz CT molecular complexity index is 658. The molecule has 7 nitrogen and oxygen atoms in total. The molecule has 0 atom stereocenters. The standard InChI is InChI=1S/C44H90N2O5/c1-5-9-13-18-26-42(27-19-14-10-6-2)30-24-36-50-44(47)32-22-17-23-34-46(35-39-49-41-40-48-38-33-45)51-37-25-31-43(28-20-15-11-7-3)29-21-16-12-8-4/h42-43H,5-41,45H2,1-4H3. The molecule has 0 rings (SSSR count). The molecule has 0 radical (unpaired) electrons. The third-order valence-electron chi connectivity index (χ3n) is 10.3. The highest BCUT2D eigenvalue weighted by atomic mass is 16.7. The summed E-state index contributed by atoms with van der Waals surface area (Å²) in [5.41, 5.74) is 5.51. The second-order valence-electron chi connectivity index (χ2n) is 15.2. The average Bonchev–Trinajstić information content (AvgIpc) is 3.13. The van der Waals surface area contributed by atoms with Gasteiger partial charge in [0.25, 0.3) is 0 Å². The Hall–Kier alpha value is -0.730. The molecule has 0 unspecified atom stereocenters. The van der Waals surface area contributed by atoms with E-state index in [1.807, 2.05) is 0 Å². The van der Waals surface area contributed by atoms with Crippen LogP contribution >= 0.6 is 0 Å². The van der Waals surface area contributed by atoms with Crippen molar-refractivity contribution in [3.63, 3.8) is 0 Å². The van der Waals surface area contributed by atoms with Crippen LogP contribution in [-0.2, 0) is 23.8 Å². The lowest BCUT2D eigenvalue weighted by molar-refractivity contribution is -0.169. The Morgan fingerprint density at radius 2 is 0.922 bits per heavy atom. The molecule has 0 aromatic carbocycles. The quantitative estimate of drug-likeness (QED) is 0.0380. The second kappa shape index (κ2) is 42.0. The first-order valence-corrected chi connectivity index (χ1v) is 22.5. The van der Waals surface area contributed by atoms with Gasteiger partial charge in [0.15, 0.2) is 0 Å². The van der Waals surface area contributed by atoms with Crippen molar-refractivity contribution in [3.8, 4) is 0 Å². The fraction of sp³-hybridized carbons (Fsp3) is 0.977. The third-order valence-corrected chi connectivity index (χ3v) is 10.3. The monoisotopic (exact) mass is 727 g/mol. The molecule has 51 heavy (non-hydrogen) atoms. The summed E-state index contributed by atoms with van der Waals surface area (Å²) in [5, 5.41) is 2.09. The van der Waals surface area contributed by atoms with Gasteiger partial charge in [0.2, 0.25) is 0 Å². The topological polar surface area (TPSA) is 83.2 Å². The van der Waals surface area contributed by atoms with E-state index in [0.29, 0.717) is 46.0 Å². The first-order chi connectivity index (χ1) is 25.1. The zero-order valence-corrected chi connectivity index (χ0v) is 34.9. The molecule has 0 aromatic heterocycles. The molecule has 306 valence electrons. The molecule has 7 heteroatoms. The predicted molar refractivity (Wildman–Crippen MR) is 218 cm³/mol. The van der Waals surface area contributed by atoms with Crippen LogP contribution in [0.4, 0.5) is 0 Å². The summed E-state index contributed by atoms with van der Waals surface area (Å²) in [5.74, 6) is 1.60. The zero-order chi connectivity index (χ0) is 37.3. The third kappa shape index (κ3) is 37.4. The molecule has 0 aliphatic heterocycles. The molecule has 0 spiro atoms. The van der Waals surface area contributed by atoms with Crippen molar-refractivity contribution < 1.29 is 23.8 Å². The van der Waals surface area contributed by atoms with Crippen LogP contribution < -0.4 is 5.73 Å². The van der Waals surface area contributed by atoms with Crippen LogP contribution in [0.25, 0.3) is 0 Å². The minimum Gasteiger partial charge on any atom is -0.466 e. The molecular weight excluding hydrogens is 636 g/mol. The lowest BCUT2D eigenvalue weighted by atomic mass is 9.91. The van der Waals surface area contributed by atoms with Gasteiger partial charge >= 0.3 is 5.97 Å². The number of nitrogens with zero attached hydrogens (tertiary/aromatic N) is 1. The van der Waals surface area contributed by atoms with E-state index in [2.05, 4.69) is 32.8 Å². The maximum Gasteiger partial charge on any atom is 0.305 e. The molecule has 0 aliphatic rings. The van der Waals surface area contributed by atoms with Crippen LogP contribution in [0.1, 0.15) is 207 Å². The Morgan fingerprint density at radius 1 is 0.471 bits per heavy atom. The zero-order valence-electron chi connectivity index (χ0n) is 34.9. The number of unbranched alkanes of at least 4 members (excludes halogenated alkanes) is 14. The summed E-state index contributed by atoms with van der Waals surface area (Å²) in [6.07, 6.45) is 34.9. The van der Waals surface area contributed by atoms with Crippen LogP contribution in [0.2, 0.25) is 0 Å². The molecule has 0 fully saturated rings. The van der Waals surface area contributed by atoms with Crippen LogP contribution in [-0.4, -0.2) is 70.3 Å². The Kier molecular flexibility index (Phi) is 41.4. The van der Waals surface area contributed by atoms with E-state index >= 15 is 0 Å². The second-order valence-corrected chi connectivity index (χ2v) is 15.2. The van der Waals surface area contributed by atoms with Gasteiger partial charge in [0, 0.05) is 26.1 Å². The van der Waals surface area contributed by atoms with Gasteiger partial charge in [0.05, 0.1) is 39.6 Å². The summed E-state index contributed by atoms with van der Waals surface area (Å²) in [6.45, 7) is 15.0. The maximum absolute atomic E-state index is 12.5. The van der Waals surface area contributed by atoms with Crippen molar-refractivity contribution in [1.29, 1.82) is 0 Å². The van der Waals surface area contributed by atoms with Gasteiger partial charge < -0.3 is 19.9 Å². The van der Waals surface area contributed by atoms with E-state index in [1.54, 1.807) is 0 Å². The Labute approximate surface area is 318 Å². The summed E-state index contributed by atoms with van der Waals surface area (Å²) < 4.78 is 16.9. The summed E-state index contributed by atoms with van der Waals surface area (Å²) >= 11 is 0. The van der Waals surface area contributed by atoms with Crippen molar-refractivity contribution in [1.82, 2.24) is 5.06 Å². The van der Waals surface area contributed by atoms with Gasteiger partial charge in [-0.2, -0.15) is 5.06 Å². The normalized spacial score (nSPS) is 11.8.